The van der Waals surface area contributed by atoms with Crippen molar-refractivity contribution < 1.29 is 9.59 Å². The molecule has 0 aliphatic carbocycles. The van der Waals surface area contributed by atoms with Crippen LogP contribution in [-0.2, 0) is 4.79 Å². The van der Waals surface area contributed by atoms with E-state index < -0.39 is 5.91 Å². The van der Waals surface area contributed by atoms with Gasteiger partial charge in [0.1, 0.15) is 5.82 Å². The number of hydrogen-bond donors (Lipinski definition) is 3. The molecule has 0 saturated carbocycles. The Morgan fingerprint density at radius 2 is 2.25 bits per heavy atom. The topological polar surface area (TPSA) is 130 Å². The first-order valence-corrected chi connectivity index (χ1v) is 7.66. The van der Waals surface area contributed by atoms with Crippen LogP contribution in [0.3, 0.4) is 0 Å². The van der Waals surface area contributed by atoms with Crippen LogP contribution in [0.1, 0.15) is 16.8 Å². The molecule has 9 nitrogen and oxygen atoms in total. The molecule has 24 heavy (non-hydrogen) atoms. The Morgan fingerprint density at radius 1 is 1.50 bits per heavy atom. The number of nitrogen functional groups attached to an aromatic ring is 1. The molecule has 5 N–H and O–H groups in total. The summed E-state index contributed by atoms with van der Waals surface area (Å²) in [5.41, 5.74) is 11.0. The fourth-order valence-electron chi connectivity index (χ4n) is 2.41. The molecule has 2 heterocycles. The second-order valence-corrected chi connectivity index (χ2v) is 5.94. The van der Waals surface area contributed by atoms with Gasteiger partial charge in [0.25, 0.3) is 5.91 Å². The fourth-order valence-corrected chi connectivity index (χ4v) is 2.41. The summed E-state index contributed by atoms with van der Waals surface area (Å²) in [6.07, 6.45) is 5.47. The highest BCUT2D eigenvalue weighted by Crippen LogP contribution is 2.18. The first-order chi connectivity index (χ1) is 11.4. The van der Waals surface area contributed by atoms with Gasteiger partial charge in [0, 0.05) is 37.9 Å². The SMILES string of the molecule is CN(C)CC=CC(=O)N[C@H]1CCN(c2ncc(C(N)=O)c(N)n2)C1. The van der Waals surface area contributed by atoms with Gasteiger partial charge in [-0.05, 0) is 20.5 Å². The molecule has 1 fully saturated rings. The van der Waals surface area contributed by atoms with Crippen LogP contribution in [-0.4, -0.2) is 66.5 Å². The maximum atomic E-state index is 11.9. The van der Waals surface area contributed by atoms with E-state index in [1.54, 1.807) is 6.08 Å². The van der Waals surface area contributed by atoms with Crippen LogP contribution in [0.2, 0.25) is 0 Å². The lowest BCUT2D eigenvalue weighted by Crippen LogP contribution is -2.36. The minimum Gasteiger partial charge on any atom is -0.383 e. The van der Waals surface area contributed by atoms with Gasteiger partial charge in [-0.15, -0.1) is 0 Å². The number of carbonyl (C=O) groups is 2. The lowest BCUT2D eigenvalue weighted by molar-refractivity contribution is -0.117. The molecule has 1 aromatic rings. The molecule has 1 aliphatic heterocycles. The van der Waals surface area contributed by atoms with Gasteiger partial charge in [-0.25, -0.2) is 4.98 Å². The molecule has 1 aliphatic rings. The smallest absolute Gasteiger partial charge is 0.254 e. The molecule has 0 unspecified atom stereocenters. The van der Waals surface area contributed by atoms with Crippen LogP contribution in [0.25, 0.3) is 0 Å². The third kappa shape index (κ3) is 4.66. The van der Waals surface area contributed by atoms with E-state index in [0.717, 1.165) is 6.42 Å². The second-order valence-electron chi connectivity index (χ2n) is 5.94. The maximum absolute atomic E-state index is 11.9. The molecule has 1 atom stereocenters. The maximum Gasteiger partial charge on any atom is 0.254 e. The highest BCUT2D eigenvalue weighted by molar-refractivity contribution is 5.96. The van der Waals surface area contributed by atoms with Crippen molar-refractivity contribution in [3.63, 3.8) is 0 Å². The normalized spacial score (nSPS) is 17.6. The molecule has 0 aromatic carbocycles. The summed E-state index contributed by atoms with van der Waals surface area (Å²) in [6, 6.07) is 0.0159. The predicted octanol–water partition coefficient (Wildman–Crippen LogP) is -1.03. The van der Waals surface area contributed by atoms with Crippen molar-refractivity contribution in [1.29, 1.82) is 0 Å². The quantitative estimate of drug-likeness (QED) is 0.567. The monoisotopic (exact) mass is 333 g/mol. The summed E-state index contributed by atoms with van der Waals surface area (Å²) >= 11 is 0. The number of hydrogen-bond acceptors (Lipinski definition) is 7. The number of anilines is 2. The van der Waals surface area contributed by atoms with E-state index in [2.05, 4.69) is 15.3 Å². The summed E-state index contributed by atoms with van der Waals surface area (Å²) < 4.78 is 0. The van der Waals surface area contributed by atoms with Gasteiger partial charge in [0.05, 0.1) is 5.56 Å². The van der Waals surface area contributed by atoms with Crippen molar-refractivity contribution in [3.05, 3.63) is 23.9 Å². The Morgan fingerprint density at radius 3 is 2.88 bits per heavy atom. The first-order valence-electron chi connectivity index (χ1n) is 7.66. The summed E-state index contributed by atoms with van der Waals surface area (Å²) in [5, 5.41) is 2.95. The van der Waals surface area contributed by atoms with Gasteiger partial charge < -0.3 is 26.6 Å². The van der Waals surface area contributed by atoms with Crippen LogP contribution in [0, 0.1) is 0 Å². The zero-order valence-electron chi connectivity index (χ0n) is 13.9. The molecule has 0 radical (unpaired) electrons. The number of nitrogens with two attached hydrogens (primary N) is 2. The van der Waals surface area contributed by atoms with Crippen molar-refractivity contribution in [2.24, 2.45) is 5.73 Å². The van der Waals surface area contributed by atoms with Crippen LogP contribution < -0.4 is 21.7 Å². The Kier molecular flexibility index (Phi) is 5.69. The molecule has 0 spiro atoms. The third-order valence-corrected chi connectivity index (χ3v) is 3.63. The van der Waals surface area contributed by atoms with Crippen LogP contribution in [0.4, 0.5) is 11.8 Å². The van der Waals surface area contributed by atoms with E-state index in [1.165, 1.54) is 6.20 Å². The lowest BCUT2D eigenvalue weighted by Gasteiger charge is -2.17. The van der Waals surface area contributed by atoms with Gasteiger partial charge in [-0.3, -0.25) is 9.59 Å². The van der Waals surface area contributed by atoms with Gasteiger partial charge in [0.15, 0.2) is 0 Å². The van der Waals surface area contributed by atoms with Crippen LogP contribution >= 0.6 is 0 Å². The second kappa shape index (κ2) is 7.73. The number of amides is 2. The number of rotatable bonds is 6. The molecule has 0 bridgehead atoms. The lowest BCUT2D eigenvalue weighted by atomic mass is 10.2. The minimum atomic E-state index is -0.657. The summed E-state index contributed by atoms with van der Waals surface area (Å²) in [6.45, 7) is 1.99. The molecule has 1 saturated heterocycles. The van der Waals surface area contributed by atoms with E-state index in [0.29, 0.717) is 25.6 Å². The Balaban J connectivity index is 1.91. The third-order valence-electron chi connectivity index (χ3n) is 3.63. The molecule has 2 rings (SSSR count). The minimum absolute atomic E-state index is 0.0159. The van der Waals surface area contributed by atoms with E-state index in [9.17, 15) is 9.59 Å². The first kappa shape index (κ1) is 17.7. The number of nitrogens with zero attached hydrogens (tertiary/aromatic N) is 4. The van der Waals surface area contributed by atoms with Crippen molar-refractivity contribution in [2.75, 3.05) is 44.4 Å². The van der Waals surface area contributed by atoms with Crippen molar-refractivity contribution in [1.82, 2.24) is 20.2 Å². The molecular weight excluding hydrogens is 310 g/mol. The number of carbonyl (C=O) groups excluding carboxylic acids is 2. The number of primary amides is 1. The van der Waals surface area contributed by atoms with E-state index in [-0.39, 0.29) is 23.3 Å². The zero-order chi connectivity index (χ0) is 17.7. The highest BCUT2D eigenvalue weighted by Gasteiger charge is 2.25. The zero-order valence-corrected chi connectivity index (χ0v) is 13.9. The molecule has 130 valence electrons. The summed E-state index contributed by atoms with van der Waals surface area (Å²) in [4.78, 5) is 35.1. The van der Waals surface area contributed by atoms with E-state index in [4.69, 9.17) is 11.5 Å². The molecule has 1 aromatic heterocycles. The van der Waals surface area contributed by atoms with E-state index >= 15 is 0 Å². The Hall–Kier alpha value is -2.68. The van der Waals surface area contributed by atoms with E-state index in [1.807, 2.05) is 30.0 Å². The largest absolute Gasteiger partial charge is 0.383 e. The van der Waals surface area contributed by atoms with Crippen molar-refractivity contribution in [2.45, 2.75) is 12.5 Å². The molecule has 2 amide bonds. The molecule has 9 heteroatoms. The number of aromatic nitrogens is 2. The van der Waals surface area contributed by atoms with Crippen molar-refractivity contribution >= 4 is 23.6 Å². The Bertz CT molecular complexity index is 645. The Labute approximate surface area is 140 Å². The average Bonchev–Trinajstić information content (AvgIpc) is 2.94. The van der Waals surface area contributed by atoms with Gasteiger partial charge in [-0.1, -0.05) is 6.08 Å². The summed E-state index contributed by atoms with van der Waals surface area (Å²) in [5.74, 6) is -0.285. The molecular formula is C15H23N7O2. The predicted molar refractivity (Wildman–Crippen MR) is 91.4 cm³/mol. The van der Waals surface area contributed by atoms with Gasteiger partial charge in [-0.2, -0.15) is 4.98 Å². The number of likely N-dealkylation sites (N-methyl/N-ethyl adjacent to an activating group) is 1. The number of nitrogens with one attached hydrogen (secondary N) is 1. The van der Waals surface area contributed by atoms with Crippen LogP contribution in [0.5, 0.6) is 0 Å². The van der Waals surface area contributed by atoms with Crippen LogP contribution in [0.15, 0.2) is 18.3 Å². The fraction of sp³-hybridized carbons (Fsp3) is 0.467. The average molecular weight is 333 g/mol. The standard InChI is InChI=1S/C15H23N7O2/c1-21(2)6-3-4-12(23)19-10-5-7-22(9-10)15-18-8-11(14(17)24)13(16)20-15/h3-4,8,10H,5-7,9H2,1-2H3,(H2,17,24)(H,19,23)(H2,16,18,20)/t10-/m0/s1. The van der Waals surface area contributed by atoms with Crippen molar-refractivity contribution in [3.8, 4) is 0 Å². The van der Waals surface area contributed by atoms with Gasteiger partial charge >= 0.3 is 0 Å². The summed E-state index contributed by atoms with van der Waals surface area (Å²) in [7, 11) is 3.87. The van der Waals surface area contributed by atoms with Gasteiger partial charge in [0.2, 0.25) is 11.9 Å². The highest BCUT2D eigenvalue weighted by atomic mass is 16.1.